The van der Waals surface area contributed by atoms with Crippen molar-refractivity contribution in [1.82, 2.24) is 20.9 Å². The second-order valence-electron chi connectivity index (χ2n) is 9.37. The van der Waals surface area contributed by atoms with E-state index >= 15 is 0 Å². The van der Waals surface area contributed by atoms with Gasteiger partial charge in [-0.1, -0.05) is 30.7 Å². The summed E-state index contributed by atoms with van der Waals surface area (Å²) >= 11 is 0. The van der Waals surface area contributed by atoms with Crippen molar-refractivity contribution in [3.8, 4) is 0 Å². The molecule has 4 rings (SSSR count). The van der Waals surface area contributed by atoms with Crippen LogP contribution in [-0.4, -0.2) is 47.8 Å². The highest BCUT2D eigenvalue weighted by Crippen LogP contribution is 2.27. The first kappa shape index (κ1) is 22.6. The monoisotopic (exact) mass is 439 g/mol. The number of benzene rings is 1. The molecule has 1 aromatic rings. The number of nitrogens with zero attached hydrogens (tertiary/aromatic N) is 2. The number of guanidine groups is 1. The Morgan fingerprint density at radius 1 is 1.03 bits per heavy atom. The van der Waals surface area contributed by atoms with Crippen LogP contribution in [0.1, 0.15) is 69.4 Å². The largest absolute Gasteiger partial charge is 0.357 e. The Bertz CT molecular complexity index is 810. The number of rotatable bonds is 8. The molecule has 0 bridgehead atoms. The average Bonchev–Trinajstić information content (AvgIpc) is 3.50. The molecule has 3 aliphatic rings. The van der Waals surface area contributed by atoms with E-state index in [1.807, 2.05) is 17.0 Å². The molecular weight excluding hydrogens is 402 g/mol. The summed E-state index contributed by atoms with van der Waals surface area (Å²) in [6.45, 7) is 4.90. The third-order valence-corrected chi connectivity index (χ3v) is 6.67. The van der Waals surface area contributed by atoms with E-state index in [0.29, 0.717) is 19.0 Å². The van der Waals surface area contributed by atoms with Gasteiger partial charge >= 0.3 is 0 Å². The molecule has 0 spiro atoms. The van der Waals surface area contributed by atoms with Gasteiger partial charge in [0.25, 0.3) is 0 Å². The SMILES string of the molecule is CCNC(=NCCCC(=O)N1Cc2ccccc2C1)NC1CCCC(C(=O)NC2CC2)C1. The Morgan fingerprint density at radius 2 is 1.78 bits per heavy atom. The minimum atomic E-state index is 0.104. The van der Waals surface area contributed by atoms with Gasteiger partial charge in [-0.15, -0.1) is 0 Å². The molecule has 2 amide bonds. The molecule has 3 N–H and O–H groups in total. The highest BCUT2D eigenvalue weighted by atomic mass is 16.2. The summed E-state index contributed by atoms with van der Waals surface area (Å²) in [4.78, 5) is 31.7. The molecule has 32 heavy (non-hydrogen) atoms. The second-order valence-corrected chi connectivity index (χ2v) is 9.37. The van der Waals surface area contributed by atoms with E-state index in [2.05, 4.69) is 35.0 Å². The topological polar surface area (TPSA) is 85.8 Å². The Morgan fingerprint density at radius 3 is 2.47 bits per heavy atom. The molecule has 0 saturated heterocycles. The first-order valence-corrected chi connectivity index (χ1v) is 12.3. The van der Waals surface area contributed by atoms with Crippen LogP contribution < -0.4 is 16.0 Å². The average molecular weight is 440 g/mol. The van der Waals surface area contributed by atoms with Crippen molar-refractivity contribution < 1.29 is 9.59 Å². The van der Waals surface area contributed by atoms with Gasteiger partial charge in [0, 0.05) is 50.6 Å². The van der Waals surface area contributed by atoms with Gasteiger partial charge in [0.05, 0.1) is 0 Å². The zero-order valence-electron chi connectivity index (χ0n) is 19.2. The van der Waals surface area contributed by atoms with Crippen LogP contribution in [0.15, 0.2) is 29.3 Å². The molecule has 174 valence electrons. The summed E-state index contributed by atoms with van der Waals surface area (Å²) in [6.07, 6.45) is 7.47. The van der Waals surface area contributed by atoms with Crippen molar-refractivity contribution in [3.63, 3.8) is 0 Å². The van der Waals surface area contributed by atoms with E-state index < -0.39 is 0 Å². The fourth-order valence-corrected chi connectivity index (χ4v) is 4.71. The summed E-state index contributed by atoms with van der Waals surface area (Å²) in [5.41, 5.74) is 2.52. The van der Waals surface area contributed by atoms with E-state index in [1.165, 1.54) is 11.1 Å². The van der Waals surface area contributed by atoms with Gasteiger partial charge in [0.1, 0.15) is 0 Å². The fourth-order valence-electron chi connectivity index (χ4n) is 4.71. The molecule has 1 aromatic carbocycles. The van der Waals surface area contributed by atoms with Crippen molar-refractivity contribution in [2.24, 2.45) is 10.9 Å². The lowest BCUT2D eigenvalue weighted by molar-refractivity contribution is -0.131. The lowest BCUT2D eigenvalue weighted by atomic mass is 9.85. The molecule has 1 aliphatic heterocycles. The summed E-state index contributed by atoms with van der Waals surface area (Å²) in [5.74, 6) is 1.32. The Balaban J connectivity index is 1.20. The van der Waals surface area contributed by atoms with Gasteiger partial charge in [-0.05, 0) is 56.6 Å². The molecular formula is C25H37N5O2. The number of hydrogen-bond donors (Lipinski definition) is 3. The van der Waals surface area contributed by atoms with Crippen molar-refractivity contribution in [2.45, 2.75) is 83.5 Å². The zero-order valence-corrected chi connectivity index (χ0v) is 19.2. The maximum absolute atomic E-state index is 12.6. The van der Waals surface area contributed by atoms with Crippen LogP contribution in [-0.2, 0) is 22.7 Å². The molecule has 2 atom stereocenters. The van der Waals surface area contributed by atoms with Crippen LogP contribution in [0.25, 0.3) is 0 Å². The highest BCUT2D eigenvalue weighted by Gasteiger charge is 2.31. The molecule has 0 radical (unpaired) electrons. The fraction of sp³-hybridized carbons (Fsp3) is 0.640. The van der Waals surface area contributed by atoms with Crippen molar-refractivity contribution >= 4 is 17.8 Å². The maximum atomic E-state index is 12.6. The second kappa shape index (κ2) is 10.8. The molecule has 1 heterocycles. The lowest BCUT2D eigenvalue weighted by Gasteiger charge is -2.30. The number of amides is 2. The van der Waals surface area contributed by atoms with Gasteiger partial charge in [0.2, 0.25) is 11.8 Å². The molecule has 2 saturated carbocycles. The van der Waals surface area contributed by atoms with Crippen LogP contribution >= 0.6 is 0 Å². The first-order chi connectivity index (χ1) is 15.6. The number of aliphatic imine (C=N–C) groups is 1. The van der Waals surface area contributed by atoms with Gasteiger partial charge in [-0.25, -0.2) is 0 Å². The molecule has 7 heteroatoms. The van der Waals surface area contributed by atoms with Crippen molar-refractivity contribution in [1.29, 1.82) is 0 Å². The molecule has 0 aromatic heterocycles. The predicted molar refractivity (Wildman–Crippen MR) is 126 cm³/mol. The van der Waals surface area contributed by atoms with E-state index in [0.717, 1.165) is 70.5 Å². The summed E-state index contributed by atoms with van der Waals surface area (Å²) in [5, 5.41) is 10.00. The minimum Gasteiger partial charge on any atom is -0.357 e. The number of carbonyl (C=O) groups excluding carboxylic acids is 2. The van der Waals surface area contributed by atoms with Crippen LogP contribution in [0.5, 0.6) is 0 Å². The number of hydrogen-bond acceptors (Lipinski definition) is 3. The molecule has 2 fully saturated rings. The van der Waals surface area contributed by atoms with E-state index in [9.17, 15) is 9.59 Å². The number of nitrogens with one attached hydrogen (secondary N) is 3. The summed E-state index contributed by atoms with van der Waals surface area (Å²) in [7, 11) is 0. The van der Waals surface area contributed by atoms with E-state index in [-0.39, 0.29) is 23.8 Å². The normalized spacial score (nSPS) is 22.9. The molecule has 2 unspecified atom stereocenters. The summed E-state index contributed by atoms with van der Waals surface area (Å²) < 4.78 is 0. The Kier molecular flexibility index (Phi) is 7.66. The standard InChI is InChI=1S/C25H37N5O2/c1-2-26-25(29-22-10-5-9-18(15-22)24(32)28-21-12-13-21)27-14-6-11-23(31)30-16-19-7-3-4-8-20(19)17-30/h3-4,7-8,18,21-22H,2,5-6,9-17H2,1H3,(H,28,32)(H2,26,27,29). The predicted octanol–water partition coefficient (Wildman–Crippen LogP) is 2.70. The van der Waals surface area contributed by atoms with Crippen molar-refractivity contribution in [3.05, 3.63) is 35.4 Å². The van der Waals surface area contributed by atoms with E-state index in [4.69, 9.17) is 4.99 Å². The van der Waals surface area contributed by atoms with Crippen molar-refractivity contribution in [2.75, 3.05) is 13.1 Å². The third-order valence-electron chi connectivity index (χ3n) is 6.67. The zero-order chi connectivity index (χ0) is 22.3. The maximum Gasteiger partial charge on any atom is 0.223 e. The van der Waals surface area contributed by atoms with Crippen LogP contribution in [0.4, 0.5) is 0 Å². The van der Waals surface area contributed by atoms with Gasteiger partial charge in [-0.3, -0.25) is 14.6 Å². The van der Waals surface area contributed by atoms with Gasteiger partial charge in [0.15, 0.2) is 5.96 Å². The van der Waals surface area contributed by atoms with Crippen LogP contribution in [0.2, 0.25) is 0 Å². The van der Waals surface area contributed by atoms with E-state index in [1.54, 1.807) is 0 Å². The lowest BCUT2D eigenvalue weighted by Crippen LogP contribution is -2.47. The minimum absolute atomic E-state index is 0.104. The Hall–Kier alpha value is -2.57. The third kappa shape index (κ3) is 6.24. The number of carbonyl (C=O) groups is 2. The van der Waals surface area contributed by atoms with Crippen LogP contribution in [0, 0.1) is 5.92 Å². The van der Waals surface area contributed by atoms with Crippen LogP contribution in [0.3, 0.4) is 0 Å². The molecule has 7 nitrogen and oxygen atoms in total. The smallest absolute Gasteiger partial charge is 0.223 e. The van der Waals surface area contributed by atoms with Gasteiger partial charge < -0.3 is 20.9 Å². The number of fused-ring (bicyclic) bond motifs is 1. The molecule has 2 aliphatic carbocycles. The summed E-state index contributed by atoms with van der Waals surface area (Å²) in [6, 6.07) is 8.96. The first-order valence-electron chi connectivity index (χ1n) is 12.3. The quantitative estimate of drug-likeness (QED) is 0.330. The van der Waals surface area contributed by atoms with Gasteiger partial charge in [-0.2, -0.15) is 0 Å². The Labute approximate surface area is 191 Å². The highest BCUT2D eigenvalue weighted by molar-refractivity contribution is 5.81.